The number of methoxy groups -OCH3 is 1. The summed E-state index contributed by atoms with van der Waals surface area (Å²) in [7, 11) is 3.58. The van der Waals surface area contributed by atoms with Crippen LogP contribution in [0.1, 0.15) is 55.7 Å². The van der Waals surface area contributed by atoms with Crippen molar-refractivity contribution >= 4 is 11.8 Å². The van der Waals surface area contributed by atoms with Crippen molar-refractivity contribution < 1.29 is 14.3 Å². The normalized spacial score (nSPS) is 17.9. The van der Waals surface area contributed by atoms with Crippen LogP contribution in [0.4, 0.5) is 0 Å². The van der Waals surface area contributed by atoms with Gasteiger partial charge in [0.2, 0.25) is 11.8 Å². The van der Waals surface area contributed by atoms with Gasteiger partial charge in [0.05, 0.1) is 19.6 Å². The van der Waals surface area contributed by atoms with Gasteiger partial charge in [0.15, 0.2) is 0 Å². The van der Waals surface area contributed by atoms with Crippen LogP contribution >= 0.6 is 0 Å². The number of likely N-dealkylation sites (tertiary alicyclic amines) is 1. The second kappa shape index (κ2) is 12.2. The third kappa shape index (κ3) is 6.85. The van der Waals surface area contributed by atoms with Gasteiger partial charge in [-0.3, -0.25) is 9.59 Å². The molecule has 6 nitrogen and oxygen atoms in total. The van der Waals surface area contributed by atoms with Crippen LogP contribution in [0.25, 0.3) is 0 Å². The second-order valence-electron chi connectivity index (χ2n) is 9.99. The van der Waals surface area contributed by atoms with Crippen LogP contribution < -0.4 is 10.1 Å². The monoisotopic (exact) mass is 477 g/mol. The summed E-state index contributed by atoms with van der Waals surface area (Å²) in [6.07, 6.45) is 6.49. The number of carbonyl (C=O) groups is 2. The highest BCUT2D eigenvalue weighted by Crippen LogP contribution is 2.28. The Hall–Kier alpha value is -2.86. The van der Waals surface area contributed by atoms with Gasteiger partial charge in [-0.15, -0.1) is 0 Å². The van der Waals surface area contributed by atoms with E-state index in [-0.39, 0.29) is 29.8 Å². The van der Waals surface area contributed by atoms with Gasteiger partial charge in [-0.25, -0.2) is 0 Å². The first-order chi connectivity index (χ1) is 17.0. The highest BCUT2D eigenvalue weighted by atomic mass is 16.5. The largest absolute Gasteiger partial charge is 0.497 e. The second-order valence-corrected chi connectivity index (χ2v) is 9.99. The number of rotatable bonds is 10. The van der Waals surface area contributed by atoms with E-state index in [1.165, 1.54) is 12.0 Å². The molecule has 2 fully saturated rings. The number of hydrogen-bond acceptors (Lipinski definition) is 4. The van der Waals surface area contributed by atoms with Gasteiger partial charge in [0, 0.05) is 38.6 Å². The van der Waals surface area contributed by atoms with E-state index in [4.69, 9.17) is 4.74 Å². The van der Waals surface area contributed by atoms with Crippen molar-refractivity contribution in [1.29, 1.82) is 0 Å². The van der Waals surface area contributed by atoms with E-state index in [9.17, 15) is 9.59 Å². The SMILES string of the molecule is COc1ccc(CC(=O)N(C)C2CCN(CCC(NC(=O)C3CCC3)c3ccccc3)CC2)cc1. The van der Waals surface area contributed by atoms with Gasteiger partial charge in [0.1, 0.15) is 5.75 Å². The number of ether oxygens (including phenoxy) is 1. The topological polar surface area (TPSA) is 61.9 Å². The number of nitrogens with zero attached hydrogens (tertiary/aromatic N) is 2. The molecule has 2 aromatic carbocycles. The standard InChI is InChI=1S/C29H39N3O3/c1-31(28(33)21-22-11-13-26(35-2)14-12-22)25-15-18-32(19-16-25)20-17-27(23-7-4-3-5-8-23)30-29(34)24-9-6-10-24/h3-5,7-8,11-14,24-25,27H,6,9-10,15-21H2,1-2H3,(H,30,34). The van der Waals surface area contributed by atoms with Crippen molar-refractivity contribution in [3.05, 3.63) is 65.7 Å². The van der Waals surface area contributed by atoms with E-state index >= 15 is 0 Å². The number of carbonyl (C=O) groups excluding carboxylic acids is 2. The Morgan fingerprint density at radius 1 is 1.03 bits per heavy atom. The van der Waals surface area contributed by atoms with E-state index in [1.807, 2.05) is 54.4 Å². The molecule has 4 rings (SSSR count). The van der Waals surface area contributed by atoms with Crippen LogP contribution in [-0.4, -0.2) is 61.4 Å². The number of hydrogen-bond donors (Lipinski definition) is 1. The maximum absolute atomic E-state index is 12.8. The van der Waals surface area contributed by atoms with Crippen molar-refractivity contribution in [3.63, 3.8) is 0 Å². The van der Waals surface area contributed by atoms with Crippen LogP contribution in [-0.2, 0) is 16.0 Å². The molecule has 1 saturated heterocycles. The van der Waals surface area contributed by atoms with Crippen molar-refractivity contribution in [2.75, 3.05) is 33.8 Å². The fourth-order valence-electron chi connectivity index (χ4n) is 5.06. The van der Waals surface area contributed by atoms with Gasteiger partial charge < -0.3 is 19.9 Å². The van der Waals surface area contributed by atoms with Crippen LogP contribution in [0.5, 0.6) is 5.75 Å². The van der Waals surface area contributed by atoms with Crippen molar-refractivity contribution in [2.45, 2.75) is 57.0 Å². The lowest BCUT2D eigenvalue weighted by molar-refractivity contribution is -0.132. The van der Waals surface area contributed by atoms with E-state index in [0.717, 1.165) is 63.1 Å². The minimum atomic E-state index is 0.0516. The molecule has 6 heteroatoms. The lowest BCUT2D eigenvalue weighted by Gasteiger charge is -2.37. The number of amides is 2. The third-order valence-corrected chi connectivity index (χ3v) is 7.74. The first-order valence-electron chi connectivity index (χ1n) is 13.0. The van der Waals surface area contributed by atoms with E-state index in [1.54, 1.807) is 7.11 Å². The average molecular weight is 478 g/mol. The van der Waals surface area contributed by atoms with Gasteiger partial charge in [-0.05, 0) is 55.4 Å². The summed E-state index contributed by atoms with van der Waals surface area (Å²) in [5.41, 5.74) is 2.19. The highest BCUT2D eigenvalue weighted by molar-refractivity contribution is 5.80. The quantitative estimate of drug-likeness (QED) is 0.557. The molecule has 1 unspecified atom stereocenters. The van der Waals surface area contributed by atoms with Gasteiger partial charge in [0.25, 0.3) is 0 Å². The summed E-state index contributed by atoms with van der Waals surface area (Å²) in [5, 5.41) is 3.32. The molecule has 1 N–H and O–H groups in total. The lowest BCUT2D eigenvalue weighted by Crippen LogP contribution is -2.46. The highest BCUT2D eigenvalue weighted by Gasteiger charge is 2.29. The van der Waals surface area contributed by atoms with Gasteiger partial charge in [-0.2, -0.15) is 0 Å². The Bertz CT molecular complexity index is 951. The first kappa shape index (κ1) is 25.2. The Labute approximate surface area is 209 Å². The van der Waals surface area contributed by atoms with Gasteiger partial charge in [-0.1, -0.05) is 48.9 Å². The molecule has 188 valence electrons. The van der Waals surface area contributed by atoms with E-state index in [2.05, 4.69) is 22.3 Å². The fraction of sp³-hybridized carbons (Fsp3) is 0.517. The molecule has 1 aliphatic heterocycles. The molecular formula is C29H39N3O3. The third-order valence-electron chi connectivity index (χ3n) is 7.74. The smallest absolute Gasteiger partial charge is 0.226 e. The lowest BCUT2D eigenvalue weighted by atomic mass is 9.84. The average Bonchev–Trinajstić information content (AvgIpc) is 2.86. The fourth-order valence-corrected chi connectivity index (χ4v) is 5.06. The molecule has 2 amide bonds. The molecule has 1 saturated carbocycles. The molecule has 0 aromatic heterocycles. The zero-order chi connectivity index (χ0) is 24.6. The Kier molecular flexibility index (Phi) is 8.80. The van der Waals surface area contributed by atoms with Crippen LogP contribution in [0.2, 0.25) is 0 Å². The Morgan fingerprint density at radius 2 is 1.71 bits per heavy atom. The van der Waals surface area contributed by atoms with Crippen molar-refractivity contribution in [2.24, 2.45) is 5.92 Å². The summed E-state index contributed by atoms with van der Waals surface area (Å²) in [4.78, 5) is 29.9. The maximum atomic E-state index is 12.8. The summed E-state index contributed by atoms with van der Waals surface area (Å²) < 4.78 is 5.20. The number of likely N-dealkylation sites (N-methyl/N-ethyl adjacent to an activating group) is 1. The first-order valence-corrected chi connectivity index (χ1v) is 13.0. The number of piperidine rings is 1. The summed E-state index contributed by atoms with van der Waals surface area (Å²) in [5.74, 6) is 1.37. The molecule has 1 aliphatic carbocycles. The molecule has 0 spiro atoms. The van der Waals surface area contributed by atoms with Crippen LogP contribution in [0, 0.1) is 5.92 Å². The molecule has 0 radical (unpaired) electrons. The number of benzene rings is 2. The van der Waals surface area contributed by atoms with Crippen molar-refractivity contribution in [1.82, 2.24) is 15.1 Å². The van der Waals surface area contributed by atoms with E-state index in [0.29, 0.717) is 6.42 Å². The van der Waals surface area contributed by atoms with Crippen LogP contribution in [0.15, 0.2) is 54.6 Å². The summed E-state index contributed by atoms with van der Waals surface area (Å²) >= 11 is 0. The Balaban J connectivity index is 1.24. The molecule has 1 heterocycles. The predicted molar refractivity (Wildman–Crippen MR) is 138 cm³/mol. The van der Waals surface area contributed by atoms with Crippen LogP contribution in [0.3, 0.4) is 0 Å². The molecular weight excluding hydrogens is 438 g/mol. The molecule has 0 bridgehead atoms. The van der Waals surface area contributed by atoms with Crippen molar-refractivity contribution in [3.8, 4) is 5.75 Å². The number of nitrogens with one attached hydrogen (secondary N) is 1. The van der Waals surface area contributed by atoms with E-state index < -0.39 is 0 Å². The molecule has 2 aromatic rings. The summed E-state index contributed by atoms with van der Waals surface area (Å²) in [6, 6.07) is 18.4. The molecule has 35 heavy (non-hydrogen) atoms. The predicted octanol–water partition coefficient (Wildman–Crippen LogP) is 4.21. The Morgan fingerprint density at radius 3 is 2.31 bits per heavy atom. The molecule has 1 atom stereocenters. The minimum absolute atomic E-state index is 0.0516. The van der Waals surface area contributed by atoms with Gasteiger partial charge >= 0.3 is 0 Å². The summed E-state index contributed by atoms with van der Waals surface area (Å²) in [6.45, 7) is 2.90. The molecule has 2 aliphatic rings. The maximum Gasteiger partial charge on any atom is 0.226 e. The minimum Gasteiger partial charge on any atom is -0.497 e. The zero-order valence-corrected chi connectivity index (χ0v) is 21.1. The zero-order valence-electron chi connectivity index (χ0n) is 21.1.